The van der Waals surface area contributed by atoms with Crippen LogP contribution in [0.5, 0.6) is 0 Å². The van der Waals surface area contributed by atoms with Crippen molar-refractivity contribution in [3.8, 4) is 0 Å². The fourth-order valence-electron chi connectivity index (χ4n) is 4.21. The second-order valence-electron chi connectivity index (χ2n) is 7.83. The molecule has 2 N–H and O–H groups in total. The molecular formula is C23H24N4O2. The van der Waals surface area contributed by atoms with Gasteiger partial charge in [0.15, 0.2) is 5.78 Å². The number of rotatable bonds is 3. The molecule has 2 aromatic heterocycles. The van der Waals surface area contributed by atoms with E-state index in [1.165, 1.54) is 0 Å². The first-order valence-electron chi connectivity index (χ1n) is 9.83. The Hall–Kier alpha value is -3.28. The number of pyridine rings is 2. The molecule has 2 atom stereocenters. The third kappa shape index (κ3) is 3.70. The van der Waals surface area contributed by atoms with Crippen molar-refractivity contribution in [3.05, 3.63) is 76.5 Å². The second kappa shape index (κ2) is 7.62. The summed E-state index contributed by atoms with van der Waals surface area (Å²) in [5.74, 6) is 0.155. The largest absolute Gasteiger partial charge is 0.362 e. The number of ketones is 1. The van der Waals surface area contributed by atoms with Crippen LogP contribution < -0.4 is 10.6 Å². The fraction of sp³-hybridized carbons (Fsp3) is 0.304. The lowest BCUT2D eigenvalue weighted by Crippen LogP contribution is -2.37. The molecule has 0 saturated heterocycles. The average molecular weight is 388 g/mol. The Morgan fingerprint density at radius 3 is 2.72 bits per heavy atom. The molecule has 0 bridgehead atoms. The number of carbonyl (C=O) groups is 2. The smallest absolute Gasteiger partial charge is 0.255 e. The average Bonchev–Trinajstić information content (AvgIpc) is 2.67. The zero-order valence-electron chi connectivity index (χ0n) is 16.8. The van der Waals surface area contributed by atoms with Crippen molar-refractivity contribution < 1.29 is 9.59 Å². The summed E-state index contributed by atoms with van der Waals surface area (Å²) in [6.45, 7) is 5.84. The predicted octanol–water partition coefficient (Wildman–Crippen LogP) is 3.64. The lowest BCUT2D eigenvalue weighted by atomic mass is 9.73. The second-order valence-corrected chi connectivity index (χ2v) is 7.83. The van der Waals surface area contributed by atoms with Crippen molar-refractivity contribution in [3.63, 3.8) is 0 Å². The van der Waals surface area contributed by atoms with E-state index in [0.717, 1.165) is 29.1 Å². The highest BCUT2D eigenvalue weighted by Crippen LogP contribution is 2.43. The van der Waals surface area contributed by atoms with E-state index >= 15 is 0 Å². The predicted molar refractivity (Wildman–Crippen MR) is 111 cm³/mol. The van der Waals surface area contributed by atoms with Crippen molar-refractivity contribution in [2.45, 2.75) is 39.5 Å². The molecule has 6 heteroatoms. The van der Waals surface area contributed by atoms with Gasteiger partial charge in [0.25, 0.3) is 5.91 Å². The molecule has 1 aliphatic heterocycles. The van der Waals surface area contributed by atoms with E-state index in [0.29, 0.717) is 23.4 Å². The van der Waals surface area contributed by atoms with Gasteiger partial charge in [-0.3, -0.25) is 14.6 Å². The van der Waals surface area contributed by atoms with Gasteiger partial charge >= 0.3 is 0 Å². The number of dihydropyridines is 1. The van der Waals surface area contributed by atoms with Gasteiger partial charge in [-0.1, -0.05) is 19.1 Å². The highest BCUT2D eigenvalue weighted by Gasteiger charge is 2.39. The number of carbonyl (C=O) groups excluding carboxylic acids is 2. The Bertz CT molecular complexity index is 1040. The minimum atomic E-state index is -0.440. The van der Waals surface area contributed by atoms with Gasteiger partial charge in [0, 0.05) is 53.0 Å². The first-order chi connectivity index (χ1) is 13.9. The number of aromatic nitrogens is 2. The maximum absolute atomic E-state index is 13.3. The molecule has 1 aliphatic carbocycles. The molecule has 1 amide bonds. The third-order valence-electron chi connectivity index (χ3n) is 5.42. The summed E-state index contributed by atoms with van der Waals surface area (Å²) in [6.07, 6.45) is 4.71. The molecule has 0 unspecified atom stereocenters. The van der Waals surface area contributed by atoms with Crippen LogP contribution in [0.1, 0.15) is 43.9 Å². The van der Waals surface area contributed by atoms with E-state index in [2.05, 4.69) is 27.5 Å². The van der Waals surface area contributed by atoms with Crippen molar-refractivity contribution in [1.82, 2.24) is 15.3 Å². The van der Waals surface area contributed by atoms with Gasteiger partial charge in [-0.25, -0.2) is 4.98 Å². The summed E-state index contributed by atoms with van der Waals surface area (Å²) in [7, 11) is 0. The Morgan fingerprint density at radius 2 is 2.00 bits per heavy atom. The number of nitrogens with one attached hydrogen (secondary N) is 2. The highest BCUT2D eigenvalue weighted by atomic mass is 16.2. The summed E-state index contributed by atoms with van der Waals surface area (Å²) in [6, 6.07) is 9.24. The Morgan fingerprint density at radius 1 is 1.17 bits per heavy atom. The van der Waals surface area contributed by atoms with Gasteiger partial charge in [-0.05, 0) is 49.9 Å². The molecule has 6 nitrogen and oxygen atoms in total. The zero-order valence-corrected chi connectivity index (χ0v) is 16.8. The number of nitrogens with zero attached hydrogens (tertiary/aromatic N) is 2. The van der Waals surface area contributed by atoms with Gasteiger partial charge in [0.1, 0.15) is 5.82 Å². The molecular weight excluding hydrogens is 364 g/mol. The monoisotopic (exact) mass is 388 g/mol. The minimum absolute atomic E-state index is 0.0894. The van der Waals surface area contributed by atoms with Crippen LogP contribution in [0.25, 0.3) is 0 Å². The van der Waals surface area contributed by atoms with E-state index in [4.69, 9.17) is 0 Å². The maximum Gasteiger partial charge on any atom is 0.255 e. The number of allylic oxidation sites excluding steroid dienone is 3. The highest BCUT2D eigenvalue weighted by molar-refractivity contribution is 6.09. The number of aryl methyl sites for hydroxylation is 1. The molecule has 0 fully saturated rings. The molecule has 0 saturated carbocycles. The topological polar surface area (TPSA) is 84.0 Å². The number of anilines is 1. The van der Waals surface area contributed by atoms with Crippen LogP contribution in [-0.4, -0.2) is 21.7 Å². The van der Waals surface area contributed by atoms with E-state index in [-0.39, 0.29) is 17.6 Å². The lowest BCUT2D eigenvalue weighted by Gasteiger charge is -2.36. The quantitative estimate of drug-likeness (QED) is 0.839. The van der Waals surface area contributed by atoms with Gasteiger partial charge in [0.2, 0.25) is 0 Å². The van der Waals surface area contributed by atoms with Gasteiger partial charge in [-0.15, -0.1) is 0 Å². The van der Waals surface area contributed by atoms with E-state index < -0.39 is 5.92 Å². The molecule has 3 heterocycles. The molecule has 4 rings (SSSR count). The number of hydrogen-bond donors (Lipinski definition) is 2. The molecule has 0 spiro atoms. The van der Waals surface area contributed by atoms with Crippen LogP contribution in [0.4, 0.5) is 5.82 Å². The Labute approximate surface area is 170 Å². The maximum atomic E-state index is 13.3. The fourth-order valence-corrected chi connectivity index (χ4v) is 4.21. The van der Waals surface area contributed by atoms with E-state index in [9.17, 15) is 9.59 Å². The third-order valence-corrected chi connectivity index (χ3v) is 5.42. The van der Waals surface area contributed by atoms with E-state index in [1.54, 1.807) is 18.5 Å². The van der Waals surface area contributed by atoms with Crippen LogP contribution in [-0.2, 0) is 9.59 Å². The molecule has 2 aromatic rings. The van der Waals surface area contributed by atoms with Crippen LogP contribution in [0.3, 0.4) is 0 Å². The van der Waals surface area contributed by atoms with Gasteiger partial charge < -0.3 is 10.6 Å². The Kier molecular flexibility index (Phi) is 5.01. The lowest BCUT2D eigenvalue weighted by molar-refractivity contribution is -0.117. The van der Waals surface area contributed by atoms with Crippen LogP contribution >= 0.6 is 0 Å². The number of hydrogen-bond acceptors (Lipinski definition) is 5. The zero-order chi connectivity index (χ0) is 20.5. The van der Waals surface area contributed by atoms with Crippen LogP contribution in [0.15, 0.2) is 65.3 Å². The first-order valence-corrected chi connectivity index (χ1v) is 9.83. The summed E-state index contributed by atoms with van der Waals surface area (Å²) in [5.41, 5.74) is 4.55. The summed E-state index contributed by atoms with van der Waals surface area (Å²) < 4.78 is 0. The molecule has 0 aromatic carbocycles. The van der Waals surface area contributed by atoms with Crippen LogP contribution in [0.2, 0.25) is 0 Å². The molecule has 0 radical (unpaired) electrons. The first kappa shape index (κ1) is 19.1. The van der Waals surface area contributed by atoms with Crippen molar-refractivity contribution >= 4 is 17.5 Å². The van der Waals surface area contributed by atoms with Crippen molar-refractivity contribution in [2.75, 3.05) is 5.32 Å². The number of amides is 1. The van der Waals surface area contributed by atoms with Crippen molar-refractivity contribution in [1.29, 1.82) is 0 Å². The van der Waals surface area contributed by atoms with Crippen molar-refractivity contribution in [2.24, 2.45) is 5.92 Å². The van der Waals surface area contributed by atoms with E-state index in [1.807, 2.05) is 38.1 Å². The standard InChI is InChI=1S/C23H24N4O2/c1-13-10-17-22(18(28)11-13)21(16-7-5-9-24-12-16)20(15(3)26-17)23(29)27-19-8-4-6-14(2)25-19/h4-9,12-13,21,26H,10-11H2,1-3H3,(H,25,27,29)/t13-,21+/m1/s1. The summed E-state index contributed by atoms with van der Waals surface area (Å²) in [4.78, 5) is 34.9. The number of Topliss-reactive ketones (excluding diaryl/α,β-unsaturated/α-hetero) is 1. The van der Waals surface area contributed by atoms with Gasteiger partial charge in [0.05, 0.1) is 0 Å². The van der Waals surface area contributed by atoms with Gasteiger partial charge in [-0.2, -0.15) is 0 Å². The normalized spacial score (nSPS) is 21.6. The Balaban J connectivity index is 1.78. The summed E-state index contributed by atoms with van der Waals surface area (Å²) in [5, 5.41) is 6.24. The minimum Gasteiger partial charge on any atom is -0.362 e. The summed E-state index contributed by atoms with van der Waals surface area (Å²) >= 11 is 0. The molecule has 29 heavy (non-hydrogen) atoms. The SMILES string of the molecule is CC1=C(C(=O)Nc2cccc(C)n2)[C@H](c2cccnc2)C2=C(C[C@@H](C)CC2=O)N1. The van der Waals surface area contributed by atoms with Crippen LogP contribution in [0, 0.1) is 12.8 Å². The molecule has 148 valence electrons. The molecule has 2 aliphatic rings.